The van der Waals surface area contributed by atoms with E-state index >= 15 is 0 Å². The first-order chi connectivity index (χ1) is 8.74. The van der Waals surface area contributed by atoms with Crippen LogP contribution in [0.25, 0.3) is 10.8 Å². The van der Waals surface area contributed by atoms with Crippen LogP contribution in [-0.4, -0.2) is 5.97 Å². The van der Waals surface area contributed by atoms with Crippen molar-refractivity contribution < 1.29 is 9.53 Å². The van der Waals surface area contributed by atoms with E-state index in [0.717, 1.165) is 5.57 Å². The SMILES string of the molecule is C=C1OC(=O)C=C1Cc1cccc2ccccc12. The molecule has 0 saturated heterocycles. The zero-order chi connectivity index (χ0) is 12.5. The number of cyclic esters (lactones) is 1. The van der Waals surface area contributed by atoms with Crippen molar-refractivity contribution in [2.45, 2.75) is 6.42 Å². The zero-order valence-electron chi connectivity index (χ0n) is 9.85. The molecular weight excluding hydrogens is 224 g/mol. The fraction of sp³-hybridized carbons (Fsp3) is 0.0625. The van der Waals surface area contributed by atoms with E-state index in [4.69, 9.17) is 4.74 Å². The summed E-state index contributed by atoms with van der Waals surface area (Å²) < 4.78 is 4.93. The Morgan fingerprint density at radius 1 is 1.06 bits per heavy atom. The van der Waals surface area contributed by atoms with Crippen molar-refractivity contribution in [3.8, 4) is 0 Å². The highest BCUT2D eigenvalue weighted by Gasteiger charge is 2.18. The summed E-state index contributed by atoms with van der Waals surface area (Å²) in [5.41, 5.74) is 2.04. The third-order valence-corrected chi connectivity index (χ3v) is 3.13. The second-order valence-corrected chi connectivity index (χ2v) is 4.33. The van der Waals surface area contributed by atoms with Crippen LogP contribution >= 0.6 is 0 Å². The number of benzene rings is 2. The molecule has 0 aliphatic carbocycles. The van der Waals surface area contributed by atoms with E-state index in [1.807, 2.05) is 18.2 Å². The molecule has 0 unspecified atom stereocenters. The van der Waals surface area contributed by atoms with E-state index in [1.54, 1.807) is 0 Å². The van der Waals surface area contributed by atoms with Gasteiger partial charge in [0.2, 0.25) is 0 Å². The minimum Gasteiger partial charge on any atom is -0.424 e. The van der Waals surface area contributed by atoms with Crippen LogP contribution in [0.4, 0.5) is 0 Å². The number of fused-ring (bicyclic) bond motifs is 1. The van der Waals surface area contributed by atoms with Crippen LogP contribution in [0.5, 0.6) is 0 Å². The van der Waals surface area contributed by atoms with Gasteiger partial charge >= 0.3 is 5.97 Å². The van der Waals surface area contributed by atoms with Crippen molar-refractivity contribution in [2.75, 3.05) is 0 Å². The van der Waals surface area contributed by atoms with Gasteiger partial charge in [0.25, 0.3) is 0 Å². The summed E-state index contributed by atoms with van der Waals surface area (Å²) in [6.07, 6.45) is 2.19. The first-order valence-electron chi connectivity index (χ1n) is 5.82. The number of hydrogen-bond acceptors (Lipinski definition) is 2. The Morgan fingerprint density at radius 3 is 2.61 bits per heavy atom. The van der Waals surface area contributed by atoms with E-state index in [1.165, 1.54) is 22.4 Å². The molecular formula is C16H12O2. The second kappa shape index (κ2) is 4.15. The average Bonchev–Trinajstić information content (AvgIpc) is 2.68. The molecule has 0 fully saturated rings. The number of carbonyl (C=O) groups excluding carboxylic acids is 1. The molecule has 1 aliphatic heterocycles. The summed E-state index contributed by atoms with van der Waals surface area (Å²) in [6.45, 7) is 3.75. The lowest BCUT2D eigenvalue weighted by molar-refractivity contribution is -0.132. The van der Waals surface area contributed by atoms with Gasteiger partial charge in [-0.2, -0.15) is 0 Å². The fourth-order valence-corrected chi connectivity index (χ4v) is 2.24. The van der Waals surface area contributed by atoms with Crippen LogP contribution in [0.15, 0.2) is 66.5 Å². The molecule has 0 N–H and O–H groups in total. The summed E-state index contributed by atoms with van der Waals surface area (Å²) >= 11 is 0. The molecule has 2 aromatic carbocycles. The molecule has 0 amide bonds. The largest absolute Gasteiger partial charge is 0.424 e. The first kappa shape index (κ1) is 10.8. The zero-order valence-corrected chi connectivity index (χ0v) is 9.85. The molecule has 0 saturated carbocycles. The van der Waals surface area contributed by atoms with Gasteiger partial charge in [-0.3, -0.25) is 0 Å². The molecule has 1 heterocycles. The van der Waals surface area contributed by atoms with Crippen molar-refractivity contribution in [3.05, 3.63) is 72.0 Å². The Morgan fingerprint density at radius 2 is 1.83 bits per heavy atom. The predicted octanol–water partition coefficient (Wildman–Crippen LogP) is 3.38. The van der Waals surface area contributed by atoms with Gasteiger partial charge in [-0.05, 0) is 16.3 Å². The third kappa shape index (κ3) is 1.82. The van der Waals surface area contributed by atoms with Crippen LogP contribution < -0.4 is 0 Å². The van der Waals surface area contributed by atoms with Crippen LogP contribution in [0.1, 0.15) is 5.56 Å². The van der Waals surface area contributed by atoms with Crippen molar-refractivity contribution in [1.82, 2.24) is 0 Å². The molecule has 0 radical (unpaired) electrons. The number of carbonyl (C=O) groups is 1. The number of hydrogen-bond donors (Lipinski definition) is 0. The molecule has 18 heavy (non-hydrogen) atoms. The maximum Gasteiger partial charge on any atom is 0.336 e. The van der Waals surface area contributed by atoms with E-state index < -0.39 is 0 Å². The van der Waals surface area contributed by atoms with E-state index in [-0.39, 0.29) is 5.97 Å². The topological polar surface area (TPSA) is 26.3 Å². The van der Waals surface area contributed by atoms with Crippen LogP contribution in [-0.2, 0) is 16.0 Å². The first-order valence-corrected chi connectivity index (χ1v) is 5.82. The Balaban J connectivity index is 2.03. The second-order valence-electron chi connectivity index (χ2n) is 4.33. The summed E-state index contributed by atoms with van der Waals surface area (Å²) in [4.78, 5) is 11.2. The van der Waals surface area contributed by atoms with Gasteiger partial charge in [0.15, 0.2) is 0 Å². The summed E-state index contributed by atoms with van der Waals surface area (Å²) in [5.74, 6) is 0.142. The van der Waals surface area contributed by atoms with Crippen LogP contribution in [0.3, 0.4) is 0 Å². The molecule has 0 aromatic heterocycles. The molecule has 2 heteroatoms. The molecule has 0 bridgehead atoms. The van der Waals surface area contributed by atoms with E-state index in [2.05, 4.69) is 30.8 Å². The Labute approximate surface area is 105 Å². The van der Waals surface area contributed by atoms with Crippen molar-refractivity contribution in [1.29, 1.82) is 0 Å². The third-order valence-electron chi connectivity index (χ3n) is 3.13. The summed E-state index contributed by atoms with van der Waals surface area (Å²) in [6, 6.07) is 14.4. The van der Waals surface area contributed by atoms with Crippen molar-refractivity contribution in [3.63, 3.8) is 0 Å². The minimum atomic E-state index is -0.324. The highest BCUT2D eigenvalue weighted by atomic mass is 16.5. The predicted molar refractivity (Wildman–Crippen MR) is 71.0 cm³/mol. The number of ether oxygens (including phenoxy) is 1. The van der Waals surface area contributed by atoms with Crippen molar-refractivity contribution in [2.24, 2.45) is 0 Å². The molecule has 0 atom stereocenters. The quantitative estimate of drug-likeness (QED) is 0.747. The average molecular weight is 236 g/mol. The van der Waals surface area contributed by atoms with Gasteiger partial charge in [0, 0.05) is 18.1 Å². The Bertz CT molecular complexity index is 675. The van der Waals surface area contributed by atoms with Crippen molar-refractivity contribution >= 4 is 16.7 Å². The van der Waals surface area contributed by atoms with Gasteiger partial charge in [0.05, 0.1) is 0 Å². The molecule has 2 aromatic rings. The lowest BCUT2D eigenvalue weighted by Gasteiger charge is -2.07. The van der Waals surface area contributed by atoms with Crippen LogP contribution in [0.2, 0.25) is 0 Å². The summed E-state index contributed by atoms with van der Waals surface area (Å²) in [5, 5.41) is 2.40. The molecule has 1 aliphatic rings. The Kier molecular flexibility index (Phi) is 2.49. The smallest absolute Gasteiger partial charge is 0.336 e. The van der Waals surface area contributed by atoms with Gasteiger partial charge in [-0.15, -0.1) is 0 Å². The maximum atomic E-state index is 11.2. The standard InChI is InChI=1S/C16H12O2/c1-11-14(10-16(17)18-11)9-13-7-4-6-12-5-2-3-8-15(12)13/h2-8,10H,1,9H2. The normalized spacial score (nSPS) is 14.8. The van der Waals surface area contributed by atoms with E-state index in [0.29, 0.717) is 12.2 Å². The molecule has 2 nitrogen and oxygen atoms in total. The van der Waals surface area contributed by atoms with Gasteiger partial charge in [-0.1, -0.05) is 49.0 Å². The summed E-state index contributed by atoms with van der Waals surface area (Å²) in [7, 11) is 0. The minimum absolute atomic E-state index is 0.324. The monoisotopic (exact) mass is 236 g/mol. The van der Waals surface area contributed by atoms with Gasteiger partial charge in [0.1, 0.15) is 5.76 Å². The molecule has 3 rings (SSSR count). The van der Waals surface area contributed by atoms with Gasteiger partial charge in [-0.25, -0.2) is 4.79 Å². The number of esters is 1. The maximum absolute atomic E-state index is 11.2. The number of allylic oxidation sites excluding steroid dienone is 1. The highest BCUT2D eigenvalue weighted by molar-refractivity contribution is 5.89. The van der Waals surface area contributed by atoms with Gasteiger partial charge < -0.3 is 4.74 Å². The fourth-order valence-electron chi connectivity index (χ4n) is 2.24. The lowest BCUT2D eigenvalue weighted by atomic mass is 9.98. The van der Waals surface area contributed by atoms with Crippen LogP contribution in [0, 0.1) is 0 Å². The lowest BCUT2D eigenvalue weighted by Crippen LogP contribution is -1.92. The highest BCUT2D eigenvalue weighted by Crippen LogP contribution is 2.26. The molecule has 88 valence electrons. The van der Waals surface area contributed by atoms with E-state index in [9.17, 15) is 4.79 Å². The Hall–Kier alpha value is -2.35. The molecule has 0 spiro atoms. The number of rotatable bonds is 2.